The standard InChI is InChI=1S/C4H8O4S2/c5-4(6)3-10-9-2-1-8-7/h7H,1-3H2,(H,5,6)/p-2. The van der Waals surface area contributed by atoms with E-state index in [1.807, 2.05) is 0 Å². The molecule has 0 aromatic heterocycles. The summed E-state index contributed by atoms with van der Waals surface area (Å²) in [6, 6.07) is 0. The highest BCUT2D eigenvalue weighted by Gasteiger charge is 1.88. The molecule has 0 heterocycles. The van der Waals surface area contributed by atoms with Gasteiger partial charge in [-0.3, -0.25) is 0 Å². The SMILES string of the molecule is O=C([O-])CSSCCO[O-]. The molecule has 60 valence electrons. The van der Waals surface area contributed by atoms with Crippen LogP contribution in [0, 0.1) is 0 Å². The third kappa shape index (κ3) is 8.09. The Labute approximate surface area is 66.3 Å². The topological polar surface area (TPSA) is 72.4 Å². The van der Waals surface area contributed by atoms with Gasteiger partial charge in [-0.2, -0.15) is 0 Å². The van der Waals surface area contributed by atoms with Crippen LogP contribution in [-0.2, 0) is 9.68 Å². The highest BCUT2D eigenvalue weighted by atomic mass is 33.1. The van der Waals surface area contributed by atoms with Gasteiger partial charge in [0, 0.05) is 18.1 Å². The first-order valence-corrected chi connectivity index (χ1v) is 4.95. The number of carbonyl (C=O) groups excluding carboxylic acids is 1. The van der Waals surface area contributed by atoms with Crippen molar-refractivity contribution in [1.29, 1.82) is 0 Å². The number of hydrogen-bond acceptors (Lipinski definition) is 6. The minimum atomic E-state index is -1.10. The second kappa shape index (κ2) is 7.20. The van der Waals surface area contributed by atoms with Crippen molar-refractivity contribution in [3.8, 4) is 0 Å². The zero-order valence-electron chi connectivity index (χ0n) is 5.07. The Morgan fingerprint density at radius 2 is 2.20 bits per heavy atom. The van der Waals surface area contributed by atoms with E-state index in [1.165, 1.54) is 10.8 Å². The summed E-state index contributed by atoms with van der Waals surface area (Å²) in [6.07, 6.45) is 0. The maximum atomic E-state index is 9.79. The Morgan fingerprint density at radius 1 is 1.50 bits per heavy atom. The fraction of sp³-hybridized carbons (Fsp3) is 0.750. The van der Waals surface area contributed by atoms with Crippen molar-refractivity contribution in [1.82, 2.24) is 0 Å². The predicted octanol–water partition coefficient (Wildman–Crippen LogP) is -1.59. The molecule has 0 N–H and O–H groups in total. The van der Waals surface area contributed by atoms with Crippen molar-refractivity contribution < 1.29 is 20.0 Å². The largest absolute Gasteiger partial charge is 0.723 e. The molecule has 0 amide bonds. The van der Waals surface area contributed by atoms with Crippen LogP contribution in [0.5, 0.6) is 0 Å². The van der Waals surface area contributed by atoms with E-state index in [2.05, 4.69) is 4.89 Å². The molecule has 0 aliphatic heterocycles. The van der Waals surface area contributed by atoms with Gasteiger partial charge in [-0.1, -0.05) is 21.6 Å². The van der Waals surface area contributed by atoms with Gasteiger partial charge in [0.05, 0.1) is 5.97 Å². The number of carboxylic acid groups (broad SMARTS) is 1. The zero-order valence-corrected chi connectivity index (χ0v) is 6.70. The predicted molar refractivity (Wildman–Crippen MR) is 35.9 cm³/mol. The lowest BCUT2D eigenvalue weighted by Gasteiger charge is -2.04. The van der Waals surface area contributed by atoms with Crippen LogP contribution in [-0.4, -0.2) is 24.1 Å². The third-order valence-electron chi connectivity index (χ3n) is 0.510. The van der Waals surface area contributed by atoms with Gasteiger partial charge in [0.15, 0.2) is 0 Å². The molecular formula is C4H6O4S2-2. The van der Waals surface area contributed by atoms with E-state index >= 15 is 0 Å². The van der Waals surface area contributed by atoms with Crippen LogP contribution in [0.1, 0.15) is 0 Å². The summed E-state index contributed by atoms with van der Waals surface area (Å²) in [7, 11) is 2.41. The fourth-order valence-corrected chi connectivity index (χ4v) is 1.75. The first kappa shape index (κ1) is 10.1. The Balaban J connectivity index is 2.84. The van der Waals surface area contributed by atoms with Crippen LogP contribution in [0.15, 0.2) is 0 Å². The van der Waals surface area contributed by atoms with Gasteiger partial charge in [-0.25, -0.2) is 0 Å². The summed E-state index contributed by atoms with van der Waals surface area (Å²) < 4.78 is 0. The van der Waals surface area contributed by atoms with Crippen LogP contribution in [0.3, 0.4) is 0 Å². The molecular weight excluding hydrogens is 176 g/mol. The molecule has 0 aromatic carbocycles. The molecule has 0 saturated heterocycles. The number of aliphatic carboxylic acids is 1. The van der Waals surface area contributed by atoms with E-state index in [0.29, 0.717) is 5.75 Å². The molecule has 0 aliphatic rings. The van der Waals surface area contributed by atoms with Crippen LogP contribution in [0.2, 0.25) is 0 Å². The monoisotopic (exact) mass is 182 g/mol. The third-order valence-corrected chi connectivity index (χ3v) is 2.72. The molecule has 0 aliphatic carbocycles. The number of carbonyl (C=O) groups is 1. The zero-order chi connectivity index (χ0) is 7.82. The summed E-state index contributed by atoms with van der Waals surface area (Å²) in [6.45, 7) is 0.102. The minimum absolute atomic E-state index is 0.0521. The Kier molecular flexibility index (Phi) is 7.26. The van der Waals surface area contributed by atoms with Crippen LogP contribution in [0.4, 0.5) is 0 Å². The maximum absolute atomic E-state index is 9.79. The first-order valence-electron chi connectivity index (χ1n) is 2.46. The van der Waals surface area contributed by atoms with Crippen molar-refractivity contribution in [3.63, 3.8) is 0 Å². The quantitative estimate of drug-likeness (QED) is 0.213. The normalized spacial score (nSPS) is 9.70. The maximum Gasteiger partial charge on any atom is 0.0522 e. The average Bonchev–Trinajstić information content (AvgIpc) is 1.87. The van der Waals surface area contributed by atoms with Crippen molar-refractivity contribution in [2.24, 2.45) is 0 Å². The summed E-state index contributed by atoms with van der Waals surface area (Å²) in [5.41, 5.74) is 0. The lowest BCUT2D eigenvalue weighted by atomic mass is 10.8. The van der Waals surface area contributed by atoms with Crippen LogP contribution < -0.4 is 10.4 Å². The number of rotatable bonds is 6. The van der Waals surface area contributed by atoms with Gasteiger partial charge in [0.25, 0.3) is 0 Å². The second-order valence-electron chi connectivity index (χ2n) is 1.28. The van der Waals surface area contributed by atoms with Gasteiger partial charge < -0.3 is 20.0 Å². The molecule has 0 fully saturated rings. The number of hydrogen-bond donors (Lipinski definition) is 0. The minimum Gasteiger partial charge on any atom is -0.723 e. The van der Waals surface area contributed by atoms with Crippen molar-refractivity contribution in [3.05, 3.63) is 0 Å². The molecule has 6 heteroatoms. The molecule has 0 saturated carbocycles. The van der Waals surface area contributed by atoms with E-state index in [4.69, 9.17) is 0 Å². The van der Waals surface area contributed by atoms with Crippen molar-refractivity contribution in [2.45, 2.75) is 0 Å². The van der Waals surface area contributed by atoms with Gasteiger partial charge in [-0.05, 0) is 0 Å². The summed E-state index contributed by atoms with van der Waals surface area (Å²) in [5.74, 6) is -0.647. The molecule has 0 radical (unpaired) electrons. The van der Waals surface area contributed by atoms with Crippen molar-refractivity contribution in [2.75, 3.05) is 18.1 Å². The molecule has 0 spiro atoms. The molecule has 4 nitrogen and oxygen atoms in total. The van der Waals surface area contributed by atoms with E-state index < -0.39 is 5.97 Å². The molecule has 0 aromatic rings. The average molecular weight is 182 g/mol. The highest BCUT2D eigenvalue weighted by Crippen LogP contribution is 2.19. The number of carboxylic acids is 1. The van der Waals surface area contributed by atoms with Crippen LogP contribution in [0.25, 0.3) is 0 Å². The molecule has 10 heavy (non-hydrogen) atoms. The van der Waals surface area contributed by atoms with Crippen molar-refractivity contribution >= 4 is 27.6 Å². The van der Waals surface area contributed by atoms with Gasteiger partial charge >= 0.3 is 0 Å². The smallest absolute Gasteiger partial charge is 0.0522 e. The summed E-state index contributed by atoms with van der Waals surface area (Å²) in [5, 5.41) is 19.2. The Bertz CT molecular complexity index is 97.3. The second-order valence-corrected chi connectivity index (χ2v) is 3.86. The van der Waals surface area contributed by atoms with E-state index in [1.54, 1.807) is 0 Å². The fourth-order valence-electron chi connectivity index (χ4n) is 0.217. The van der Waals surface area contributed by atoms with Gasteiger partial charge in [0.2, 0.25) is 0 Å². The Morgan fingerprint density at radius 3 is 2.70 bits per heavy atom. The lowest BCUT2D eigenvalue weighted by molar-refractivity contribution is -0.687. The van der Waals surface area contributed by atoms with E-state index in [9.17, 15) is 15.2 Å². The Hall–Kier alpha value is 0.0900. The van der Waals surface area contributed by atoms with Gasteiger partial charge in [0.1, 0.15) is 0 Å². The van der Waals surface area contributed by atoms with Gasteiger partial charge in [-0.15, -0.1) is 0 Å². The highest BCUT2D eigenvalue weighted by molar-refractivity contribution is 8.76. The lowest BCUT2D eigenvalue weighted by Crippen LogP contribution is -2.24. The molecule has 0 bridgehead atoms. The molecule has 0 unspecified atom stereocenters. The first-order chi connectivity index (χ1) is 4.77. The molecule has 0 rings (SSSR count). The van der Waals surface area contributed by atoms with E-state index in [0.717, 1.165) is 10.8 Å². The summed E-state index contributed by atoms with van der Waals surface area (Å²) in [4.78, 5) is 13.3. The molecule has 0 atom stereocenters. The van der Waals surface area contributed by atoms with E-state index in [-0.39, 0.29) is 12.4 Å². The summed E-state index contributed by atoms with van der Waals surface area (Å²) >= 11 is 0. The van der Waals surface area contributed by atoms with Crippen LogP contribution >= 0.6 is 21.6 Å².